The van der Waals surface area contributed by atoms with E-state index >= 15 is 0 Å². The van der Waals surface area contributed by atoms with Gasteiger partial charge in [-0.05, 0) is 35.7 Å². The van der Waals surface area contributed by atoms with Crippen molar-refractivity contribution in [3.63, 3.8) is 0 Å². The van der Waals surface area contributed by atoms with Gasteiger partial charge in [0.05, 0.1) is 12.0 Å². The van der Waals surface area contributed by atoms with E-state index in [4.69, 9.17) is 0 Å². The number of nitrogens with one attached hydrogen (secondary N) is 1. The fraction of sp³-hybridized carbons (Fsp3) is 0.316. The lowest BCUT2D eigenvalue weighted by molar-refractivity contribution is -0.128. The molecule has 0 unspecified atom stereocenters. The molecule has 1 fully saturated rings. The third kappa shape index (κ3) is 3.84. The van der Waals surface area contributed by atoms with Crippen molar-refractivity contribution in [2.75, 3.05) is 13.6 Å². The van der Waals surface area contributed by atoms with Crippen LogP contribution in [0.1, 0.15) is 23.6 Å². The number of nitrogens with zero attached hydrogens (tertiary/aromatic N) is 2. The number of halogens is 1. The highest BCUT2D eigenvalue weighted by Crippen LogP contribution is 2.36. The summed E-state index contributed by atoms with van der Waals surface area (Å²) in [5, 5.41) is 2.90. The molecule has 6 heteroatoms. The second kappa shape index (κ2) is 7.42. The van der Waals surface area contributed by atoms with Gasteiger partial charge in [-0.2, -0.15) is 0 Å². The molecule has 0 radical (unpaired) electrons. The maximum atomic E-state index is 12.9. The van der Waals surface area contributed by atoms with Gasteiger partial charge in [0.15, 0.2) is 0 Å². The van der Waals surface area contributed by atoms with Crippen molar-refractivity contribution < 1.29 is 14.0 Å². The van der Waals surface area contributed by atoms with E-state index in [1.165, 1.54) is 12.1 Å². The number of pyridine rings is 1. The van der Waals surface area contributed by atoms with E-state index in [0.717, 1.165) is 11.1 Å². The van der Waals surface area contributed by atoms with Crippen LogP contribution in [0.2, 0.25) is 0 Å². The Morgan fingerprint density at radius 3 is 2.76 bits per heavy atom. The van der Waals surface area contributed by atoms with Crippen molar-refractivity contribution in [2.45, 2.75) is 18.9 Å². The van der Waals surface area contributed by atoms with E-state index < -0.39 is 5.92 Å². The molecule has 130 valence electrons. The molecule has 0 aliphatic carbocycles. The van der Waals surface area contributed by atoms with E-state index in [1.807, 2.05) is 6.07 Å². The zero-order valence-corrected chi connectivity index (χ0v) is 14.0. The fourth-order valence-corrected chi connectivity index (χ4v) is 3.22. The van der Waals surface area contributed by atoms with Crippen molar-refractivity contribution in [3.05, 3.63) is 65.7 Å². The summed E-state index contributed by atoms with van der Waals surface area (Å²) in [5.74, 6) is -0.907. The number of aromatic nitrogens is 1. The summed E-state index contributed by atoms with van der Waals surface area (Å²) in [6.45, 7) is 0.443. The van der Waals surface area contributed by atoms with E-state index in [-0.39, 0.29) is 30.1 Å². The van der Waals surface area contributed by atoms with E-state index in [9.17, 15) is 14.0 Å². The van der Waals surface area contributed by atoms with Crippen LogP contribution in [0.15, 0.2) is 48.8 Å². The van der Waals surface area contributed by atoms with Gasteiger partial charge >= 0.3 is 0 Å². The molecule has 1 aromatic carbocycles. The first-order valence-electron chi connectivity index (χ1n) is 8.24. The van der Waals surface area contributed by atoms with Crippen molar-refractivity contribution in [1.82, 2.24) is 15.2 Å². The average molecular weight is 341 g/mol. The van der Waals surface area contributed by atoms with Gasteiger partial charge in [-0.3, -0.25) is 14.6 Å². The van der Waals surface area contributed by atoms with E-state index in [2.05, 4.69) is 10.3 Å². The molecule has 0 bridgehead atoms. The van der Waals surface area contributed by atoms with Gasteiger partial charge < -0.3 is 10.2 Å². The van der Waals surface area contributed by atoms with Crippen LogP contribution in [-0.4, -0.2) is 35.3 Å². The molecule has 2 heterocycles. The highest BCUT2D eigenvalue weighted by atomic mass is 19.1. The Morgan fingerprint density at radius 1 is 1.32 bits per heavy atom. The molecule has 2 atom stereocenters. The first kappa shape index (κ1) is 17.1. The van der Waals surface area contributed by atoms with E-state index in [0.29, 0.717) is 13.0 Å². The minimum absolute atomic E-state index is 0.0486. The minimum Gasteiger partial charge on any atom is -0.355 e. The van der Waals surface area contributed by atoms with Crippen LogP contribution >= 0.6 is 0 Å². The molecule has 1 aliphatic heterocycles. The predicted molar refractivity (Wildman–Crippen MR) is 91.0 cm³/mol. The standard InChI is InChI=1S/C19H20FN3O2/c1-23-17(24)11-16(18(23)14-3-2-9-21-12-14)19(25)22-10-8-13-4-6-15(20)7-5-13/h2-7,9,12,16,18H,8,10-11H2,1H3,(H,22,25)/t16-,18+/m0/s1. The van der Waals surface area contributed by atoms with Crippen LogP contribution in [0.4, 0.5) is 4.39 Å². The first-order chi connectivity index (χ1) is 12.1. The van der Waals surface area contributed by atoms with Crippen LogP contribution in [-0.2, 0) is 16.0 Å². The van der Waals surface area contributed by atoms with Crippen LogP contribution in [0.25, 0.3) is 0 Å². The lowest BCUT2D eigenvalue weighted by Crippen LogP contribution is -2.35. The number of benzene rings is 1. The fourth-order valence-electron chi connectivity index (χ4n) is 3.22. The highest BCUT2D eigenvalue weighted by molar-refractivity contribution is 5.90. The largest absolute Gasteiger partial charge is 0.355 e. The third-order valence-electron chi connectivity index (χ3n) is 4.58. The molecule has 2 aromatic rings. The van der Waals surface area contributed by atoms with Crippen molar-refractivity contribution in [2.24, 2.45) is 5.92 Å². The highest BCUT2D eigenvalue weighted by Gasteiger charge is 2.42. The van der Waals surface area contributed by atoms with Gasteiger partial charge in [-0.15, -0.1) is 0 Å². The van der Waals surface area contributed by atoms with Gasteiger partial charge in [0.1, 0.15) is 5.82 Å². The Balaban J connectivity index is 1.63. The monoisotopic (exact) mass is 341 g/mol. The first-order valence-corrected chi connectivity index (χ1v) is 8.24. The molecule has 1 aliphatic rings. The number of carbonyl (C=O) groups is 2. The Hall–Kier alpha value is -2.76. The third-order valence-corrected chi connectivity index (χ3v) is 4.58. The Kier molecular flexibility index (Phi) is 5.07. The molecular weight excluding hydrogens is 321 g/mol. The molecule has 0 spiro atoms. The molecule has 3 rings (SSSR count). The molecule has 2 amide bonds. The molecular formula is C19H20FN3O2. The SMILES string of the molecule is CN1C(=O)C[C@H](C(=O)NCCc2ccc(F)cc2)[C@H]1c1cccnc1. The summed E-state index contributed by atoms with van der Waals surface area (Å²) in [6, 6.07) is 9.59. The lowest BCUT2D eigenvalue weighted by atomic mass is 9.94. The Morgan fingerprint density at radius 2 is 2.08 bits per heavy atom. The quantitative estimate of drug-likeness (QED) is 0.906. The summed E-state index contributed by atoms with van der Waals surface area (Å²) < 4.78 is 12.9. The van der Waals surface area contributed by atoms with Gasteiger partial charge in [-0.25, -0.2) is 4.39 Å². The van der Waals surface area contributed by atoms with Gasteiger partial charge in [0.2, 0.25) is 11.8 Å². The molecule has 0 saturated carbocycles. The summed E-state index contributed by atoms with van der Waals surface area (Å²) in [7, 11) is 1.71. The number of carbonyl (C=O) groups excluding carboxylic acids is 2. The van der Waals surface area contributed by atoms with Crippen LogP contribution < -0.4 is 5.32 Å². The zero-order valence-electron chi connectivity index (χ0n) is 14.0. The minimum atomic E-state index is -0.435. The summed E-state index contributed by atoms with van der Waals surface area (Å²) in [4.78, 5) is 30.4. The Labute approximate surface area is 145 Å². The second-order valence-corrected chi connectivity index (χ2v) is 6.21. The van der Waals surface area contributed by atoms with Crippen LogP contribution in [0.5, 0.6) is 0 Å². The molecule has 1 saturated heterocycles. The van der Waals surface area contributed by atoms with Gasteiger partial charge in [-0.1, -0.05) is 18.2 Å². The van der Waals surface area contributed by atoms with Gasteiger partial charge in [0.25, 0.3) is 0 Å². The number of likely N-dealkylation sites (tertiary alicyclic amines) is 1. The molecule has 5 nitrogen and oxygen atoms in total. The molecule has 25 heavy (non-hydrogen) atoms. The van der Waals surface area contributed by atoms with Crippen molar-refractivity contribution in [3.8, 4) is 0 Å². The topological polar surface area (TPSA) is 62.3 Å². The summed E-state index contributed by atoms with van der Waals surface area (Å²) in [6.07, 6.45) is 4.16. The zero-order chi connectivity index (χ0) is 17.8. The van der Waals surface area contributed by atoms with Gasteiger partial charge in [0, 0.05) is 32.4 Å². The smallest absolute Gasteiger partial charge is 0.226 e. The summed E-state index contributed by atoms with van der Waals surface area (Å²) >= 11 is 0. The maximum Gasteiger partial charge on any atom is 0.226 e. The number of hydrogen-bond donors (Lipinski definition) is 1. The molecule has 1 aromatic heterocycles. The van der Waals surface area contributed by atoms with Crippen LogP contribution in [0.3, 0.4) is 0 Å². The number of hydrogen-bond acceptors (Lipinski definition) is 3. The molecule has 1 N–H and O–H groups in total. The predicted octanol–water partition coefficient (Wildman–Crippen LogP) is 2.10. The lowest BCUT2D eigenvalue weighted by Gasteiger charge is -2.24. The van der Waals surface area contributed by atoms with Crippen molar-refractivity contribution in [1.29, 1.82) is 0 Å². The van der Waals surface area contributed by atoms with Crippen molar-refractivity contribution >= 4 is 11.8 Å². The number of amides is 2. The van der Waals surface area contributed by atoms with Crippen LogP contribution in [0, 0.1) is 11.7 Å². The maximum absolute atomic E-state index is 12.9. The summed E-state index contributed by atoms with van der Waals surface area (Å²) in [5.41, 5.74) is 1.81. The normalized spacial score (nSPS) is 19.9. The number of rotatable bonds is 5. The second-order valence-electron chi connectivity index (χ2n) is 6.21. The average Bonchev–Trinajstić information content (AvgIpc) is 2.92. The van der Waals surface area contributed by atoms with E-state index in [1.54, 1.807) is 42.5 Å². The Bertz CT molecular complexity index is 749.